The molecule has 0 spiro atoms. The topological polar surface area (TPSA) is 80.7 Å². The van der Waals surface area contributed by atoms with Crippen LogP contribution in [0.5, 0.6) is 0 Å². The van der Waals surface area contributed by atoms with Crippen molar-refractivity contribution in [2.75, 3.05) is 5.32 Å². The lowest BCUT2D eigenvalue weighted by atomic mass is 10.2. The number of carbonyl (C=O) groups excluding carboxylic acids is 1. The molecule has 0 unspecified atom stereocenters. The van der Waals surface area contributed by atoms with Crippen molar-refractivity contribution in [1.29, 1.82) is 0 Å². The molecule has 21 heavy (non-hydrogen) atoms. The van der Waals surface area contributed by atoms with Gasteiger partial charge < -0.3 is 0 Å². The number of amides is 1. The molecular formula is C15H19N5O. The fourth-order valence-electron chi connectivity index (χ4n) is 1.76. The lowest BCUT2D eigenvalue weighted by molar-refractivity contribution is 0.102. The van der Waals surface area contributed by atoms with Gasteiger partial charge >= 0.3 is 0 Å². The lowest BCUT2D eigenvalue weighted by Crippen LogP contribution is -2.16. The van der Waals surface area contributed by atoms with Crippen molar-refractivity contribution in [1.82, 2.24) is 19.9 Å². The minimum Gasteiger partial charge on any atom is -0.290 e. The number of rotatable bonds is 3. The summed E-state index contributed by atoms with van der Waals surface area (Å²) in [5.74, 6) is 0.930. The largest absolute Gasteiger partial charge is 0.290 e. The van der Waals surface area contributed by atoms with Crippen LogP contribution in [0.25, 0.3) is 0 Å². The number of hydrogen-bond donors (Lipinski definition) is 1. The highest BCUT2D eigenvalue weighted by Crippen LogP contribution is 2.12. The molecule has 1 N–H and O–H groups in total. The van der Waals surface area contributed by atoms with Gasteiger partial charge in [-0.3, -0.25) is 10.1 Å². The normalized spacial score (nSPS) is 10.8. The van der Waals surface area contributed by atoms with E-state index in [0.717, 1.165) is 17.0 Å². The number of hydrogen-bond acceptors (Lipinski definition) is 5. The Kier molecular flexibility index (Phi) is 4.26. The van der Waals surface area contributed by atoms with Crippen LogP contribution >= 0.6 is 0 Å². The van der Waals surface area contributed by atoms with Crippen molar-refractivity contribution < 1.29 is 4.79 Å². The zero-order chi connectivity index (χ0) is 15.6. The molecule has 2 rings (SSSR count). The number of carbonyl (C=O) groups is 1. The first kappa shape index (κ1) is 15.0. The zero-order valence-corrected chi connectivity index (χ0v) is 12.9. The van der Waals surface area contributed by atoms with Crippen molar-refractivity contribution in [2.24, 2.45) is 0 Å². The molecule has 1 amide bonds. The highest BCUT2D eigenvalue weighted by Gasteiger charge is 2.12. The van der Waals surface area contributed by atoms with Crippen molar-refractivity contribution in [3.05, 3.63) is 40.7 Å². The Bertz CT molecular complexity index is 641. The molecule has 0 aliphatic rings. The molecule has 2 aromatic heterocycles. The molecule has 110 valence electrons. The predicted octanol–water partition coefficient (Wildman–Crippen LogP) is 2.57. The fraction of sp³-hybridized carbons (Fsp3) is 0.400. The Morgan fingerprint density at radius 1 is 1.05 bits per heavy atom. The molecule has 2 heterocycles. The third-order valence-corrected chi connectivity index (χ3v) is 3.31. The van der Waals surface area contributed by atoms with Gasteiger partial charge in [-0.15, -0.1) is 0 Å². The Labute approximate surface area is 124 Å². The highest BCUT2D eigenvalue weighted by molar-refractivity contribution is 6.02. The molecule has 6 nitrogen and oxygen atoms in total. The first-order valence-electron chi connectivity index (χ1n) is 6.83. The molecule has 6 heteroatoms. The molecule has 0 fully saturated rings. The van der Waals surface area contributed by atoms with E-state index >= 15 is 0 Å². The SMILES string of the molecule is Cc1nc(NC(=O)c2cnc(C(C)C)nc2)nc(C)c1C. The van der Waals surface area contributed by atoms with Gasteiger partial charge in [-0.25, -0.2) is 19.9 Å². The predicted molar refractivity (Wildman–Crippen MR) is 80.3 cm³/mol. The van der Waals surface area contributed by atoms with Crippen LogP contribution in [-0.4, -0.2) is 25.8 Å². The van der Waals surface area contributed by atoms with E-state index in [4.69, 9.17) is 0 Å². The average Bonchev–Trinajstić information content (AvgIpc) is 2.44. The number of nitrogens with one attached hydrogen (secondary N) is 1. The van der Waals surface area contributed by atoms with Crippen LogP contribution in [0.2, 0.25) is 0 Å². The summed E-state index contributed by atoms with van der Waals surface area (Å²) in [6, 6.07) is 0. The van der Waals surface area contributed by atoms with E-state index < -0.39 is 0 Å². The van der Waals surface area contributed by atoms with Crippen LogP contribution in [0, 0.1) is 20.8 Å². The Hall–Kier alpha value is -2.37. The molecule has 0 radical (unpaired) electrons. The first-order valence-corrected chi connectivity index (χ1v) is 6.83. The zero-order valence-electron chi connectivity index (χ0n) is 12.9. The first-order chi connectivity index (χ1) is 9.88. The smallest absolute Gasteiger partial charge is 0.261 e. The maximum absolute atomic E-state index is 12.1. The van der Waals surface area contributed by atoms with E-state index in [1.807, 2.05) is 34.6 Å². The molecule has 0 saturated carbocycles. The Morgan fingerprint density at radius 3 is 2.05 bits per heavy atom. The average molecular weight is 285 g/mol. The number of anilines is 1. The van der Waals surface area contributed by atoms with E-state index in [2.05, 4.69) is 25.3 Å². The monoisotopic (exact) mass is 285 g/mol. The number of aryl methyl sites for hydroxylation is 2. The minimum atomic E-state index is -0.312. The summed E-state index contributed by atoms with van der Waals surface area (Å²) in [6.07, 6.45) is 3.04. The summed E-state index contributed by atoms with van der Waals surface area (Å²) in [5, 5.41) is 2.67. The van der Waals surface area contributed by atoms with Crippen LogP contribution in [0.15, 0.2) is 12.4 Å². The van der Waals surface area contributed by atoms with E-state index in [0.29, 0.717) is 17.3 Å². The fourth-order valence-corrected chi connectivity index (χ4v) is 1.76. The van der Waals surface area contributed by atoms with Gasteiger partial charge in [0.05, 0.1) is 5.56 Å². The van der Waals surface area contributed by atoms with Crippen LogP contribution in [0.3, 0.4) is 0 Å². The molecule has 0 saturated heterocycles. The van der Waals surface area contributed by atoms with E-state index in [1.165, 1.54) is 12.4 Å². The number of aromatic nitrogens is 4. The Morgan fingerprint density at radius 2 is 1.57 bits per heavy atom. The van der Waals surface area contributed by atoms with E-state index in [-0.39, 0.29) is 11.8 Å². The molecule has 2 aromatic rings. The quantitative estimate of drug-likeness (QED) is 0.937. The maximum Gasteiger partial charge on any atom is 0.261 e. The van der Waals surface area contributed by atoms with Gasteiger partial charge in [-0.1, -0.05) is 13.8 Å². The van der Waals surface area contributed by atoms with Crippen molar-refractivity contribution in [3.63, 3.8) is 0 Å². The molecule has 0 aromatic carbocycles. The minimum absolute atomic E-state index is 0.229. The van der Waals surface area contributed by atoms with Crippen molar-refractivity contribution in [2.45, 2.75) is 40.5 Å². The summed E-state index contributed by atoms with van der Waals surface area (Å²) in [4.78, 5) is 29.0. The van der Waals surface area contributed by atoms with Crippen molar-refractivity contribution in [3.8, 4) is 0 Å². The van der Waals surface area contributed by atoms with Crippen LogP contribution in [0.1, 0.15) is 52.9 Å². The van der Waals surface area contributed by atoms with E-state index in [9.17, 15) is 4.79 Å². The van der Waals surface area contributed by atoms with Gasteiger partial charge in [0.25, 0.3) is 5.91 Å². The summed E-state index contributed by atoms with van der Waals surface area (Å²) >= 11 is 0. The second-order valence-corrected chi connectivity index (χ2v) is 5.28. The third-order valence-electron chi connectivity index (χ3n) is 3.31. The van der Waals surface area contributed by atoms with Gasteiger partial charge in [-0.05, 0) is 26.3 Å². The molecule has 0 atom stereocenters. The number of nitrogens with zero attached hydrogens (tertiary/aromatic N) is 4. The van der Waals surface area contributed by atoms with Gasteiger partial charge in [-0.2, -0.15) is 0 Å². The standard InChI is InChI=1S/C15H19N5O/c1-8(2)13-16-6-12(7-17-13)14(21)20-15-18-10(4)9(3)11(5)19-15/h6-8H,1-5H3,(H,18,19,20,21). The van der Waals surface area contributed by atoms with Gasteiger partial charge in [0, 0.05) is 29.7 Å². The molecular weight excluding hydrogens is 266 g/mol. The van der Waals surface area contributed by atoms with Gasteiger partial charge in [0.1, 0.15) is 5.82 Å². The molecule has 0 aliphatic carbocycles. The van der Waals surface area contributed by atoms with Gasteiger partial charge in [0.15, 0.2) is 0 Å². The van der Waals surface area contributed by atoms with E-state index in [1.54, 1.807) is 0 Å². The second kappa shape index (κ2) is 5.95. The van der Waals surface area contributed by atoms with Crippen molar-refractivity contribution >= 4 is 11.9 Å². The summed E-state index contributed by atoms with van der Waals surface area (Å²) in [5.41, 5.74) is 3.12. The lowest BCUT2D eigenvalue weighted by Gasteiger charge is -2.08. The van der Waals surface area contributed by atoms with Crippen LogP contribution in [-0.2, 0) is 0 Å². The third kappa shape index (κ3) is 3.39. The summed E-state index contributed by atoms with van der Waals surface area (Å²) in [7, 11) is 0. The molecule has 0 bridgehead atoms. The molecule has 0 aliphatic heterocycles. The summed E-state index contributed by atoms with van der Waals surface area (Å²) in [6.45, 7) is 9.73. The Balaban J connectivity index is 2.18. The highest BCUT2D eigenvalue weighted by atomic mass is 16.1. The van der Waals surface area contributed by atoms with Crippen LogP contribution < -0.4 is 5.32 Å². The second-order valence-electron chi connectivity index (χ2n) is 5.28. The van der Waals surface area contributed by atoms with Crippen LogP contribution in [0.4, 0.5) is 5.95 Å². The van der Waals surface area contributed by atoms with Gasteiger partial charge in [0.2, 0.25) is 5.95 Å². The maximum atomic E-state index is 12.1. The summed E-state index contributed by atoms with van der Waals surface area (Å²) < 4.78 is 0.